The van der Waals surface area contributed by atoms with E-state index in [0.29, 0.717) is 33.2 Å². The van der Waals surface area contributed by atoms with Crippen molar-refractivity contribution in [3.63, 3.8) is 0 Å². The number of rotatable bonds is 6. The van der Waals surface area contributed by atoms with Gasteiger partial charge >= 0.3 is 0 Å². The average molecular weight is 374 g/mol. The van der Waals surface area contributed by atoms with Crippen LogP contribution in [-0.2, 0) is 0 Å². The second kappa shape index (κ2) is 8.29. The van der Waals surface area contributed by atoms with Crippen LogP contribution in [0.15, 0.2) is 35.4 Å². The number of halogens is 3. The van der Waals surface area contributed by atoms with Crippen molar-refractivity contribution in [3.05, 3.63) is 51.0 Å². The molecule has 2 aromatic carbocycles. The van der Waals surface area contributed by atoms with Crippen molar-refractivity contribution in [3.8, 4) is 11.5 Å². The Morgan fingerprint density at radius 3 is 2.35 bits per heavy atom. The molecule has 0 saturated carbocycles. The average Bonchev–Trinajstić information content (AvgIpc) is 2.51. The Morgan fingerprint density at radius 1 is 1.09 bits per heavy atom. The fourth-order valence-corrected chi connectivity index (χ4v) is 2.72. The number of benzene rings is 2. The summed E-state index contributed by atoms with van der Waals surface area (Å²) in [6.07, 6.45) is 1.60. The molecule has 0 bridgehead atoms. The first-order valence-electron chi connectivity index (χ1n) is 6.79. The van der Waals surface area contributed by atoms with Crippen LogP contribution < -0.4 is 14.9 Å². The minimum atomic E-state index is 0.438. The van der Waals surface area contributed by atoms with Crippen molar-refractivity contribution in [2.75, 3.05) is 19.1 Å². The van der Waals surface area contributed by atoms with E-state index in [1.807, 2.05) is 6.92 Å². The Bertz CT molecular complexity index is 697. The van der Waals surface area contributed by atoms with Gasteiger partial charge in [0.25, 0.3) is 0 Å². The third-order valence-electron chi connectivity index (χ3n) is 2.87. The molecule has 1 N–H and O–H groups in total. The summed E-state index contributed by atoms with van der Waals surface area (Å²) in [6.45, 7) is 2.36. The normalized spacial score (nSPS) is 10.8. The summed E-state index contributed by atoms with van der Waals surface area (Å²) in [4.78, 5) is 0. The zero-order valence-electron chi connectivity index (χ0n) is 12.6. The lowest BCUT2D eigenvalue weighted by atomic mass is 10.2. The smallest absolute Gasteiger partial charge is 0.156 e. The van der Waals surface area contributed by atoms with Gasteiger partial charge < -0.3 is 9.47 Å². The molecule has 0 radical (unpaired) electrons. The third kappa shape index (κ3) is 4.67. The van der Waals surface area contributed by atoms with E-state index in [2.05, 4.69) is 10.5 Å². The molecule has 0 amide bonds. The molecule has 0 aliphatic carbocycles. The summed E-state index contributed by atoms with van der Waals surface area (Å²) in [7, 11) is 1.56. The van der Waals surface area contributed by atoms with Gasteiger partial charge in [-0.25, -0.2) is 0 Å². The van der Waals surface area contributed by atoms with Crippen LogP contribution in [0.1, 0.15) is 12.5 Å². The van der Waals surface area contributed by atoms with Gasteiger partial charge in [-0.2, -0.15) is 5.10 Å². The third-order valence-corrected chi connectivity index (χ3v) is 3.73. The van der Waals surface area contributed by atoms with Gasteiger partial charge in [0.1, 0.15) is 5.75 Å². The largest absolute Gasteiger partial charge is 0.495 e. The molecule has 0 atom stereocenters. The molecule has 0 saturated heterocycles. The monoisotopic (exact) mass is 372 g/mol. The second-order valence-corrected chi connectivity index (χ2v) is 5.69. The highest BCUT2D eigenvalue weighted by atomic mass is 35.5. The molecule has 0 unspecified atom stereocenters. The molecule has 4 nitrogen and oxygen atoms in total. The van der Waals surface area contributed by atoms with E-state index < -0.39 is 0 Å². The van der Waals surface area contributed by atoms with Crippen LogP contribution in [-0.4, -0.2) is 19.9 Å². The Labute approximate surface area is 150 Å². The number of nitrogens with zero attached hydrogens (tertiary/aromatic N) is 1. The van der Waals surface area contributed by atoms with Crippen LogP contribution in [0.2, 0.25) is 15.1 Å². The number of anilines is 1. The lowest BCUT2D eigenvalue weighted by Crippen LogP contribution is -1.95. The molecule has 2 aromatic rings. The predicted octanol–water partition coefficient (Wildman–Crippen LogP) is 5.50. The van der Waals surface area contributed by atoms with Crippen molar-refractivity contribution >= 4 is 46.7 Å². The van der Waals surface area contributed by atoms with Gasteiger partial charge in [-0.15, -0.1) is 0 Å². The summed E-state index contributed by atoms with van der Waals surface area (Å²) in [5, 5.41) is 5.51. The summed E-state index contributed by atoms with van der Waals surface area (Å²) in [5.74, 6) is 1.08. The van der Waals surface area contributed by atoms with Crippen molar-refractivity contribution < 1.29 is 9.47 Å². The number of nitrogens with one attached hydrogen (secondary N) is 1. The first kappa shape index (κ1) is 17.7. The quantitative estimate of drug-likeness (QED) is 0.537. The van der Waals surface area contributed by atoms with Gasteiger partial charge in [0, 0.05) is 0 Å². The van der Waals surface area contributed by atoms with Gasteiger partial charge in [-0.05, 0) is 42.8 Å². The second-order valence-electron chi connectivity index (χ2n) is 4.47. The maximum Gasteiger partial charge on any atom is 0.156 e. The van der Waals surface area contributed by atoms with Crippen LogP contribution in [0.4, 0.5) is 5.69 Å². The molecule has 0 aromatic heterocycles. The van der Waals surface area contributed by atoms with Crippen LogP contribution in [0.25, 0.3) is 0 Å². The van der Waals surface area contributed by atoms with E-state index >= 15 is 0 Å². The molecule has 7 heteroatoms. The topological polar surface area (TPSA) is 42.8 Å². The number of ether oxygens (including phenoxy) is 2. The molecule has 0 heterocycles. The number of methoxy groups -OCH3 is 1. The molecule has 2 rings (SSSR count). The van der Waals surface area contributed by atoms with Gasteiger partial charge in [0.05, 0.1) is 40.7 Å². The molecule has 0 fully saturated rings. The van der Waals surface area contributed by atoms with E-state index in [-0.39, 0.29) is 0 Å². The molecule has 122 valence electrons. The predicted molar refractivity (Wildman–Crippen MR) is 96.9 cm³/mol. The minimum Gasteiger partial charge on any atom is -0.495 e. The Hall–Kier alpha value is -1.62. The van der Waals surface area contributed by atoms with Crippen LogP contribution >= 0.6 is 34.8 Å². The minimum absolute atomic E-state index is 0.438. The zero-order valence-corrected chi connectivity index (χ0v) is 14.8. The van der Waals surface area contributed by atoms with Crippen molar-refractivity contribution in [1.82, 2.24) is 0 Å². The molecule has 0 aliphatic rings. The Balaban J connectivity index is 2.10. The maximum atomic E-state index is 6.14. The molecule has 0 spiro atoms. The summed E-state index contributed by atoms with van der Waals surface area (Å²) in [6, 6.07) is 8.73. The Kier molecular flexibility index (Phi) is 6.39. The van der Waals surface area contributed by atoms with Crippen LogP contribution in [0.3, 0.4) is 0 Å². The summed E-state index contributed by atoms with van der Waals surface area (Å²) >= 11 is 18.3. The van der Waals surface area contributed by atoms with Crippen molar-refractivity contribution in [1.29, 1.82) is 0 Å². The highest BCUT2D eigenvalue weighted by molar-refractivity contribution is 6.37. The highest BCUT2D eigenvalue weighted by Gasteiger charge is 2.08. The summed E-state index contributed by atoms with van der Waals surface area (Å²) < 4.78 is 10.5. The SMILES string of the molecule is CCOc1c(Cl)cc(/C=N/Nc2ccc(OC)c(Cl)c2)cc1Cl. The fraction of sp³-hybridized carbons (Fsp3) is 0.188. The van der Waals surface area contributed by atoms with E-state index in [1.165, 1.54) is 0 Å². The van der Waals surface area contributed by atoms with E-state index in [1.54, 1.807) is 43.7 Å². The summed E-state index contributed by atoms with van der Waals surface area (Å²) in [5.41, 5.74) is 4.35. The molecule has 23 heavy (non-hydrogen) atoms. The van der Waals surface area contributed by atoms with Gasteiger partial charge in [0.2, 0.25) is 0 Å². The van der Waals surface area contributed by atoms with Crippen LogP contribution in [0, 0.1) is 0 Å². The van der Waals surface area contributed by atoms with Gasteiger partial charge in [-0.3, -0.25) is 5.43 Å². The van der Waals surface area contributed by atoms with E-state index in [4.69, 9.17) is 44.3 Å². The van der Waals surface area contributed by atoms with E-state index in [0.717, 1.165) is 11.3 Å². The maximum absolute atomic E-state index is 6.14. The molecule has 0 aliphatic heterocycles. The highest BCUT2D eigenvalue weighted by Crippen LogP contribution is 2.33. The zero-order chi connectivity index (χ0) is 16.8. The lowest BCUT2D eigenvalue weighted by Gasteiger charge is -2.08. The molecular weight excluding hydrogens is 359 g/mol. The number of hydrazone groups is 1. The van der Waals surface area contributed by atoms with Crippen molar-refractivity contribution in [2.45, 2.75) is 6.92 Å². The van der Waals surface area contributed by atoms with Crippen LogP contribution in [0.5, 0.6) is 11.5 Å². The van der Waals surface area contributed by atoms with Crippen molar-refractivity contribution in [2.24, 2.45) is 5.10 Å². The Morgan fingerprint density at radius 2 is 1.78 bits per heavy atom. The van der Waals surface area contributed by atoms with Gasteiger partial charge in [0.15, 0.2) is 5.75 Å². The fourth-order valence-electron chi connectivity index (χ4n) is 1.85. The number of hydrogen-bond acceptors (Lipinski definition) is 4. The van der Waals surface area contributed by atoms with E-state index in [9.17, 15) is 0 Å². The number of hydrogen-bond donors (Lipinski definition) is 1. The first-order chi connectivity index (χ1) is 11.0. The lowest BCUT2D eigenvalue weighted by molar-refractivity contribution is 0.340. The standard InChI is InChI=1S/C16H15Cl3N2O2/c1-3-23-16-13(18)6-10(7-14(16)19)9-20-21-11-4-5-15(22-2)12(17)8-11/h4-9,21H,3H2,1-2H3/b20-9+. The molecular formula is C16H15Cl3N2O2. The first-order valence-corrected chi connectivity index (χ1v) is 7.93. The van der Waals surface area contributed by atoms with Gasteiger partial charge in [-0.1, -0.05) is 34.8 Å².